The average molecular weight is 422 g/mol. The van der Waals surface area contributed by atoms with Gasteiger partial charge in [0.2, 0.25) is 0 Å². The molecule has 0 spiro atoms. The predicted octanol–water partition coefficient (Wildman–Crippen LogP) is 2.78. The summed E-state index contributed by atoms with van der Waals surface area (Å²) in [4.78, 5) is 37.0. The molecule has 1 atom stereocenters. The molecule has 166 valence electrons. The van der Waals surface area contributed by atoms with Crippen LogP contribution >= 0.6 is 0 Å². The summed E-state index contributed by atoms with van der Waals surface area (Å²) in [5, 5.41) is 11.6. The van der Waals surface area contributed by atoms with Crippen LogP contribution in [0.5, 0.6) is 0 Å². The van der Waals surface area contributed by atoms with E-state index in [2.05, 4.69) is 5.32 Å². The van der Waals surface area contributed by atoms with Crippen LogP contribution in [0, 0.1) is 0 Å². The number of alkyl carbamates (subject to hydrolysis) is 1. The van der Waals surface area contributed by atoms with Gasteiger partial charge >= 0.3 is 18.2 Å². The molecule has 1 aliphatic heterocycles. The summed E-state index contributed by atoms with van der Waals surface area (Å²) in [6.07, 6.45) is -0.275. The van der Waals surface area contributed by atoms with Crippen LogP contribution in [-0.4, -0.2) is 65.6 Å². The topological polar surface area (TPSA) is 114 Å². The minimum Gasteiger partial charge on any atom is -0.480 e. The van der Waals surface area contributed by atoms with Gasteiger partial charge in [-0.25, -0.2) is 14.4 Å². The third kappa shape index (κ3) is 8.28. The van der Waals surface area contributed by atoms with Crippen molar-refractivity contribution in [1.29, 1.82) is 0 Å². The second-order valence-corrected chi connectivity index (χ2v) is 8.10. The Morgan fingerprint density at radius 3 is 2.37 bits per heavy atom. The summed E-state index contributed by atoms with van der Waals surface area (Å²) < 4.78 is 16.1. The fraction of sp³-hybridized carbons (Fsp3) is 0.571. The summed E-state index contributed by atoms with van der Waals surface area (Å²) in [5.41, 5.74) is 0.243. The Morgan fingerprint density at radius 1 is 1.17 bits per heavy atom. The third-order valence-corrected chi connectivity index (χ3v) is 4.40. The van der Waals surface area contributed by atoms with Crippen molar-refractivity contribution in [2.75, 3.05) is 19.7 Å². The van der Waals surface area contributed by atoms with Crippen LogP contribution < -0.4 is 5.32 Å². The van der Waals surface area contributed by atoms with Gasteiger partial charge in [0.05, 0.1) is 12.7 Å². The molecule has 1 aromatic carbocycles. The lowest BCUT2D eigenvalue weighted by atomic mass is 10.1. The molecule has 2 rings (SSSR count). The van der Waals surface area contributed by atoms with Crippen molar-refractivity contribution in [3.63, 3.8) is 0 Å². The van der Waals surface area contributed by atoms with Crippen LogP contribution in [0.1, 0.15) is 39.2 Å². The van der Waals surface area contributed by atoms with Crippen molar-refractivity contribution >= 4 is 18.2 Å². The first kappa shape index (κ1) is 23.5. The first-order valence-corrected chi connectivity index (χ1v) is 9.93. The highest BCUT2D eigenvalue weighted by molar-refractivity contribution is 5.80. The van der Waals surface area contributed by atoms with Crippen LogP contribution in [0.4, 0.5) is 9.59 Å². The summed E-state index contributed by atoms with van der Waals surface area (Å²) in [5.74, 6) is -1.21. The minimum absolute atomic E-state index is 0.0446. The SMILES string of the molecule is CC(C)(C)OC(=O)N1CCC(OC[C@H](NC(=O)OCc2ccccc2)C(=O)O)CC1. The molecule has 2 N–H and O–H groups in total. The number of nitrogens with zero attached hydrogens (tertiary/aromatic N) is 1. The van der Waals surface area contributed by atoms with Crippen molar-refractivity contribution in [3.8, 4) is 0 Å². The van der Waals surface area contributed by atoms with E-state index in [-0.39, 0.29) is 25.4 Å². The normalized spacial score (nSPS) is 15.9. The number of carboxylic acid groups (broad SMARTS) is 1. The third-order valence-electron chi connectivity index (χ3n) is 4.40. The lowest BCUT2D eigenvalue weighted by Crippen LogP contribution is -2.47. The number of carboxylic acids is 1. The van der Waals surface area contributed by atoms with Gasteiger partial charge in [-0.3, -0.25) is 0 Å². The molecular formula is C21H30N2O7. The molecule has 1 saturated heterocycles. The summed E-state index contributed by atoms with van der Waals surface area (Å²) in [7, 11) is 0. The number of hydrogen-bond donors (Lipinski definition) is 2. The number of aliphatic carboxylic acids is 1. The van der Waals surface area contributed by atoms with Gasteiger partial charge in [-0.2, -0.15) is 0 Å². The average Bonchev–Trinajstić information content (AvgIpc) is 2.69. The molecule has 0 aromatic heterocycles. The molecule has 2 amide bonds. The van der Waals surface area contributed by atoms with Gasteiger partial charge in [-0.1, -0.05) is 30.3 Å². The number of likely N-dealkylation sites (tertiary alicyclic amines) is 1. The maximum absolute atomic E-state index is 12.1. The lowest BCUT2D eigenvalue weighted by molar-refractivity contribution is -0.141. The highest BCUT2D eigenvalue weighted by Gasteiger charge is 2.29. The molecule has 9 heteroatoms. The molecule has 1 fully saturated rings. The maximum atomic E-state index is 12.1. The Labute approximate surface area is 176 Å². The number of carbonyl (C=O) groups is 3. The highest BCUT2D eigenvalue weighted by Crippen LogP contribution is 2.17. The number of rotatable bonds is 7. The van der Waals surface area contributed by atoms with E-state index < -0.39 is 23.7 Å². The quantitative estimate of drug-likeness (QED) is 0.694. The molecule has 1 heterocycles. The molecule has 0 radical (unpaired) electrons. The standard InChI is InChI=1S/C21H30N2O7/c1-21(2,3)30-20(27)23-11-9-16(10-12-23)28-14-17(18(24)25)22-19(26)29-13-15-7-5-4-6-8-15/h4-8,16-17H,9-14H2,1-3H3,(H,22,26)(H,24,25)/t17-/m0/s1. The van der Waals surface area contributed by atoms with Gasteiger partial charge in [0, 0.05) is 13.1 Å². The largest absolute Gasteiger partial charge is 0.480 e. The fourth-order valence-corrected chi connectivity index (χ4v) is 2.85. The maximum Gasteiger partial charge on any atom is 0.410 e. The zero-order valence-electron chi connectivity index (χ0n) is 17.6. The Morgan fingerprint density at radius 2 is 1.80 bits per heavy atom. The van der Waals surface area contributed by atoms with Gasteiger partial charge < -0.3 is 29.5 Å². The van der Waals surface area contributed by atoms with E-state index in [0.717, 1.165) is 5.56 Å². The Hall–Kier alpha value is -2.81. The van der Waals surface area contributed by atoms with Crippen LogP contribution in [0.2, 0.25) is 0 Å². The Balaban J connectivity index is 1.72. The fourth-order valence-electron chi connectivity index (χ4n) is 2.85. The van der Waals surface area contributed by atoms with E-state index in [4.69, 9.17) is 14.2 Å². The van der Waals surface area contributed by atoms with Crippen molar-refractivity contribution in [2.45, 2.75) is 58.0 Å². The molecule has 0 aliphatic carbocycles. The molecule has 0 unspecified atom stereocenters. The second kappa shape index (κ2) is 10.8. The van der Waals surface area contributed by atoms with Crippen molar-refractivity contribution < 1.29 is 33.7 Å². The number of hydrogen-bond acceptors (Lipinski definition) is 6. The zero-order chi connectivity index (χ0) is 22.1. The molecular weight excluding hydrogens is 392 g/mol. The van der Waals surface area contributed by atoms with E-state index >= 15 is 0 Å². The zero-order valence-corrected chi connectivity index (χ0v) is 17.6. The predicted molar refractivity (Wildman–Crippen MR) is 108 cm³/mol. The van der Waals surface area contributed by atoms with Crippen molar-refractivity contribution in [1.82, 2.24) is 10.2 Å². The highest BCUT2D eigenvalue weighted by atomic mass is 16.6. The van der Waals surface area contributed by atoms with Crippen molar-refractivity contribution in [3.05, 3.63) is 35.9 Å². The van der Waals surface area contributed by atoms with Crippen LogP contribution in [-0.2, 0) is 25.6 Å². The first-order valence-electron chi connectivity index (χ1n) is 9.93. The van der Waals surface area contributed by atoms with Crippen LogP contribution in [0.25, 0.3) is 0 Å². The Bertz CT molecular complexity index is 710. The molecule has 0 bridgehead atoms. The Kier molecular flexibility index (Phi) is 8.46. The number of benzene rings is 1. The van der Waals surface area contributed by atoms with E-state index in [9.17, 15) is 19.5 Å². The molecule has 1 aliphatic rings. The number of ether oxygens (including phenoxy) is 3. The van der Waals surface area contributed by atoms with Gasteiger partial charge in [-0.15, -0.1) is 0 Å². The molecule has 9 nitrogen and oxygen atoms in total. The monoisotopic (exact) mass is 422 g/mol. The summed E-state index contributed by atoms with van der Waals surface area (Å²) in [6, 6.07) is 7.86. The number of amides is 2. The smallest absolute Gasteiger partial charge is 0.410 e. The van der Waals surface area contributed by atoms with Crippen molar-refractivity contribution in [2.24, 2.45) is 0 Å². The van der Waals surface area contributed by atoms with E-state index in [0.29, 0.717) is 25.9 Å². The second-order valence-electron chi connectivity index (χ2n) is 8.10. The van der Waals surface area contributed by atoms with E-state index in [1.54, 1.807) is 17.0 Å². The number of carbonyl (C=O) groups excluding carboxylic acids is 2. The number of piperidine rings is 1. The summed E-state index contributed by atoms with van der Waals surface area (Å²) >= 11 is 0. The molecule has 1 aromatic rings. The van der Waals surface area contributed by atoms with Gasteiger partial charge in [0.1, 0.15) is 12.2 Å². The first-order chi connectivity index (χ1) is 14.1. The van der Waals surface area contributed by atoms with Gasteiger partial charge in [-0.05, 0) is 39.2 Å². The van der Waals surface area contributed by atoms with Gasteiger partial charge in [0.15, 0.2) is 6.04 Å². The van der Waals surface area contributed by atoms with Crippen LogP contribution in [0.3, 0.4) is 0 Å². The molecule has 0 saturated carbocycles. The van der Waals surface area contributed by atoms with E-state index in [1.807, 2.05) is 39.0 Å². The lowest BCUT2D eigenvalue weighted by Gasteiger charge is -2.33. The minimum atomic E-state index is -1.22. The van der Waals surface area contributed by atoms with Crippen LogP contribution in [0.15, 0.2) is 30.3 Å². The van der Waals surface area contributed by atoms with E-state index in [1.165, 1.54) is 0 Å². The summed E-state index contributed by atoms with van der Waals surface area (Å²) in [6.45, 7) is 6.21. The number of nitrogens with one attached hydrogen (secondary N) is 1. The molecule has 30 heavy (non-hydrogen) atoms. The van der Waals surface area contributed by atoms with Gasteiger partial charge in [0.25, 0.3) is 0 Å².